The highest BCUT2D eigenvalue weighted by atomic mass is 32.2. The summed E-state index contributed by atoms with van der Waals surface area (Å²) in [7, 11) is -2.72. The van der Waals surface area contributed by atoms with E-state index in [0.717, 1.165) is 19.5 Å². The van der Waals surface area contributed by atoms with Crippen molar-refractivity contribution in [1.82, 2.24) is 4.90 Å². The van der Waals surface area contributed by atoms with E-state index in [0.29, 0.717) is 17.5 Å². The predicted octanol–water partition coefficient (Wildman–Crippen LogP) is 1.69. The molecule has 1 fully saturated rings. The second-order valence-electron chi connectivity index (χ2n) is 4.39. The topological polar surface area (TPSA) is 37.4 Å². The molecular weight excluding hydrogens is 210 g/mol. The smallest absolute Gasteiger partial charge is 0.152 e. The normalized spacial score (nSPS) is 23.9. The quantitative estimate of drug-likeness (QED) is 0.725. The number of unbranched alkanes of at least 4 members (excludes halogenated alkanes) is 1. The first-order chi connectivity index (χ1) is 7.09. The molecule has 1 unspecified atom stereocenters. The molecule has 3 nitrogen and oxygen atoms in total. The van der Waals surface area contributed by atoms with Crippen molar-refractivity contribution >= 4 is 9.84 Å². The summed E-state index contributed by atoms with van der Waals surface area (Å²) < 4.78 is 22.6. The zero-order valence-corrected chi connectivity index (χ0v) is 10.7. The van der Waals surface area contributed by atoms with E-state index >= 15 is 0 Å². The fraction of sp³-hybridized carbons (Fsp3) is 1.00. The highest BCUT2D eigenvalue weighted by molar-refractivity contribution is 7.91. The lowest BCUT2D eigenvalue weighted by Gasteiger charge is -2.33. The molecule has 0 aromatic carbocycles. The Hall–Kier alpha value is -0.0900. The van der Waals surface area contributed by atoms with E-state index in [2.05, 4.69) is 18.7 Å². The average Bonchev–Trinajstić information content (AvgIpc) is 2.21. The van der Waals surface area contributed by atoms with Crippen molar-refractivity contribution in [3.63, 3.8) is 0 Å². The molecule has 1 saturated heterocycles. The number of hydrogen-bond donors (Lipinski definition) is 0. The number of hydrogen-bond acceptors (Lipinski definition) is 3. The van der Waals surface area contributed by atoms with Gasteiger partial charge in [0.25, 0.3) is 0 Å². The highest BCUT2D eigenvalue weighted by Crippen LogP contribution is 2.15. The molecule has 90 valence electrons. The Bertz CT molecular complexity index is 260. The molecule has 1 atom stereocenters. The molecule has 15 heavy (non-hydrogen) atoms. The van der Waals surface area contributed by atoms with E-state index < -0.39 is 9.84 Å². The minimum absolute atomic E-state index is 0.357. The largest absolute Gasteiger partial charge is 0.298 e. The summed E-state index contributed by atoms with van der Waals surface area (Å²) >= 11 is 0. The molecule has 0 N–H and O–H groups in total. The van der Waals surface area contributed by atoms with Crippen molar-refractivity contribution in [2.75, 3.05) is 24.6 Å². The number of rotatable bonds is 5. The number of sulfone groups is 1. The Morgan fingerprint density at radius 3 is 2.27 bits per heavy atom. The van der Waals surface area contributed by atoms with Crippen molar-refractivity contribution in [3.8, 4) is 0 Å². The summed E-state index contributed by atoms with van der Waals surface area (Å²) in [6, 6.07) is 0.598. The molecule has 0 radical (unpaired) electrons. The third-order valence-corrected chi connectivity index (χ3v) is 4.87. The Kier molecular flexibility index (Phi) is 5.06. The Labute approximate surface area is 93.8 Å². The van der Waals surface area contributed by atoms with Gasteiger partial charge in [0.1, 0.15) is 0 Å². The van der Waals surface area contributed by atoms with Crippen LogP contribution in [0.25, 0.3) is 0 Å². The van der Waals surface area contributed by atoms with Crippen molar-refractivity contribution in [1.29, 1.82) is 0 Å². The predicted molar refractivity (Wildman–Crippen MR) is 63.8 cm³/mol. The lowest BCUT2D eigenvalue weighted by molar-refractivity contribution is 0.193. The van der Waals surface area contributed by atoms with Gasteiger partial charge in [-0.2, -0.15) is 0 Å². The summed E-state index contributed by atoms with van der Waals surface area (Å²) in [5.41, 5.74) is 0. The van der Waals surface area contributed by atoms with E-state index in [4.69, 9.17) is 0 Å². The summed E-state index contributed by atoms with van der Waals surface area (Å²) in [4.78, 5) is 2.36. The second-order valence-corrected chi connectivity index (χ2v) is 6.70. The first-order valence-corrected chi connectivity index (χ1v) is 7.85. The van der Waals surface area contributed by atoms with Crippen LogP contribution in [0.4, 0.5) is 0 Å². The fourth-order valence-corrected chi connectivity index (χ4v) is 3.41. The Morgan fingerprint density at radius 2 is 1.80 bits per heavy atom. The van der Waals surface area contributed by atoms with Crippen molar-refractivity contribution in [2.45, 2.75) is 45.6 Å². The molecule has 0 amide bonds. The molecule has 0 spiro atoms. The summed E-state index contributed by atoms with van der Waals surface area (Å²) in [6.45, 7) is 5.88. The van der Waals surface area contributed by atoms with Crippen LogP contribution in [0.3, 0.4) is 0 Å². The van der Waals surface area contributed by atoms with Crippen LogP contribution < -0.4 is 0 Å². The fourth-order valence-electron chi connectivity index (χ4n) is 2.18. The van der Waals surface area contributed by atoms with Crippen LogP contribution in [0.1, 0.15) is 39.5 Å². The van der Waals surface area contributed by atoms with Gasteiger partial charge in [-0.1, -0.05) is 26.7 Å². The standard InChI is InChI=1S/C11H23NO2S/c1-3-5-6-11(4-2)12-7-9-15(13,14)10-8-12/h11H,3-10H2,1-2H3. The van der Waals surface area contributed by atoms with Crippen LogP contribution in [-0.2, 0) is 9.84 Å². The van der Waals surface area contributed by atoms with Crippen molar-refractivity contribution < 1.29 is 8.42 Å². The van der Waals surface area contributed by atoms with Gasteiger partial charge in [-0.25, -0.2) is 8.42 Å². The monoisotopic (exact) mass is 233 g/mol. The molecule has 1 heterocycles. The zero-order chi connectivity index (χ0) is 11.3. The highest BCUT2D eigenvalue weighted by Gasteiger charge is 2.25. The lowest BCUT2D eigenvalue weighted by Crippen LogP contribution is -2.45. The maximum Gasteiger partial charge on any atom is 0.152 e. The summed E-state index contributed by atoms with van der Waals surface area (Å²) in [5.74, 6) is 0.714. The lowest BCUT2D eigenvalue weighted by atomic mass is 10.1. The third-order valence-electron chi connectivity index (χ3n) is 3.26. The molecule has 0 aromatic heterocycles. The molecule has 0 bridgehead atoms. The first-order valence-electron chi connectivity index (χ1n) is 6.03. The van der Waals surface area contributed by atoms with Gasteiger partial charge < -0.3 is 0 Å². The van der Waals surface area contributed by atoms with Gasteiger partial charge in [0.15, 0.2) is 9.84 Å². The van der Waals surface area contributed by atoms with Gasteiger partial charge in [0, 0.05) is 19.1 Å². The SMILES string of the molecule is CCCCC(CC)N1CCS(=O)(=O)CC1. The van der Waals surface area contributed by atoms with Gasteiger partial charge in [0.2, 0.25) is 0 Å². The molecule has 0 aliphatic carbocycles. The minimum Gasteiger partial charge on any atom is -0.298 e. The van der Waals surface area contributed by atoms with Crippen LogP contribution in [0, 0.1) is 0 Å². The van der Waals surface area contributed by atoms with Gasteiger partial charge in [-0.3, -0.25) is 4.90 Å². The molecule has 4 heteroatoms. The van der Waals surface area contributed by atoms with Crippen molar-refractivity contribution in [2.24, 2.45) is 0 Å². The van der Waals surface area contributed by atoms with E-state index in [-0.39, 0.29) is 0 Å². The van der Waals surface area contributed by atoms with Crippen LogP contribution in [0.2, 0.25) is 0 Å². The number of nitrogens with zero attached hydrogens (tertiary/aromatic N) is 1. The molecule has 1 rings (SSSR count). The summed E-state index contributed by atoms with van der Waals surface area (Å²) in [5, 5.41) is 0. The van der Waals surface area contributed by atoms with Crippen molar-refractivity contribution in [3.05, 3.63) is 0 Å². The van der Waals surface area contributed by atoms with E-state index in [9.17, 15) is 8.42 Å². The van der Waals surface area contributed by atoms with E-state index in [1.807, 2.05) is 0 Å². The van der Waals surface area contributed by atoms with Crippen LogP contribution >= 0.6 is 0 Å². The minimum atomic E-state index is -2.72. The maximum absolute atomic E-state index is 11.3. The zero-order valence-electron chi connectivity index (χ0n) is 9.91. The van der Waals surface area contributed by atoms with Crippen LogP contribution in [0.5, 0.6) is 0 Å². The Balaban J connectivity index is 2.42. The van der Waals surface area contributed by atoms with Crippen LogP contribution in [0.15, 0.2) is 0 Å². The first kappa shape index (κ1) is 13.0. The molecule has 1 aliphatic heterocycles. The van der Waals surface area contributed by atoms with Gasteiger partial charge >= 0.3 is 0 Å². The maximum atomic E-state index is 11.3. The second kappa shape index (κ2) is 5.85. The van der Waals surface area contributed by atoms with Crippen LogP contribution in [-0.4, -0.2) is 44.0 Å². The third kappa shape index (κ3) is 4.11. The summed E-state index contributed by atoms with van der Waals surface area (Å²) in [6.07, 6.45) is 4.83. The van der Waals surface area contributed by atoms with Gasteiger partial charge in [-0.05, 0) is 12.8 Å². The van der Waals surface area contributed by atoms with Gasteiger partial charge in [0.05, 0.1) is 11.5 Å². The van der Waals surface area contributed by atoms with E-state index in [1.54, 1.807) is 0 Å². The molecular formula is C11H23NO2S. The average molecular weight is 233 g/mol. The van der Waals surface area contributed by atoms with Gasteiger partial charge in [-0.15, -0.1) is 0 Å². The molecule has 1 aliphatic rings. The molecule has 0 aromatic rings. The molecule has 0 saturated carbocycles. The van der Waals surface area contributed by atoms with E-state index in [1.165, 1.54) is 19.3 Å². The Morgan fingerprint density at radius 1 is 1.20 bits per heavy atom.